The first-order valence-electron chi connectivity index (χ1n) is 8.98. The Morgan fingerprint density at radius 1 is 1.30 bits per heavy atom. The smallest absolute Gasteiger partial charge is 0.341 e. The van der Waals surface area contributed by atoms with E-state index in [1.54, 1.807) is 18.2 Å². The van der Waals surface area contributed by atoms with E-state index in [1.807, 2.05) is 25.1 Å². The van der Waals surface area contributed by atoms with Gasteiger partial charge in [-0.25, -0.2) is 4.79 Å². The fraction of sp³-hybridized carbons (Fsp3) is 0.333. The molecule has 0 unspecified atom stereocenters. The maximum absolute atomic E-state index is 12.8. The van der Waals surface area contributed by atoms with Crippen LogP contribution in [0.3, 0.4) is 0 Å². The molecule has 2 aliphatic rings. The minimum Gasteiger partial charge on any atom is -0.493 e. The van der Waals surface area contributed by atoms with Gasteiger partial charge in [0, 0.05) is 22.6 Å². The summed E-state index contributed by atoms with van der Waals surface area (Å²) in [5.41, 5.74) is 2.56. The fourth-order valence-electron chi connectivity index (χ4n) is 3.94. The highest BCUT2D eigenvalue weighted by Gasteiger charge is 2.60. The van der Waals surface area contributed by atoms with Crippen molar-refractivity contribution < 1.29 is 24.2 Å². The standard InChI is InChI=1S/C21H21NO5/c1-13-10-14(27-12-19(23)24)6-7-17(13)22-20(25)16-11-21(16)8-9-26-18-5-3-2-4-15(18)21/h2-7,10,16H,8-9,11-12H2,1H3,(H,22,25)(H,23,24)/t16-,21-/m0/s1. The van der Waals surface area contributed by atoms with Crippen molar-refractivity contribution in [3.05, 3.63) is 53.6 Å². The number of hydrogen-bond donors (Lipinski definition) is 2. The second-order valence-electron chi connectivity index (χ2n) is 7.16. The molecule has 2 atom stereocenters. The molecule has 1 spiro atoms. The molecule has 27 heavy (non-hydrogen) atoms. The van der Waals surface area contributed by atoms with E-state index in [-0.39, 0.29) is 17.2 Å². The van der Waals surface area contributed by atoms with Crippen molar-refractivity contribution in [2.24, 2.45) is 5.92 Å². The molecule has 6 nitrogen and oxygen atoms in total. The van der Waals surface area contributed by atoms with Crippen LogP contribution in [0.1, 0.15) is 24.0 Å². The van der Waals surface area contributed by atoms with Gasteiger partial charge in [0.1, 0.15) is 11.5 Å². The molecule has 140 valence electrons. The average molecular weight is 367 g/mol. The number of carbonyl (C=O) groups excluding carboxylic acids is 1. The summed E-state index contributed by atoms with van der Waals surface area (Å²) < 4.78 is 10.9. The fourth-order valence-corrected chi connectivity index (χ4v) is 3.94. The molecule has 6 heteroatoms. The SMILES string of the molecule is Cc1cc(OCC(=O)O)ccc1NC(=O)[C@@H]1C[C@]12CCOc1ccccc12. The van der Waals surface area contributed by atoms with Gasteiger partial charge in [-0.15, -0.1) is 0 Å². The van der Waals surface area contributed by atoms with Crippen molar-refractivity contribution in [2.45, 2.75) is 25.2 Å². The van der Waals surface area contributed by atoms with E-state index in [2.05, 4.69) is 11.4 Å². The second-order valence-corrected chi connectivity index (χ2v) is 7.16. The van der Waals surface area contributed by atoms with Crippen molar-refractivity contribution in [3.8, 4) is 11.5 Å². The number of carboxylic acids is 1. The number of carboxylic acid groups (broad SMARTS) is 1. The Morgan fingerprint density at radius 2 is 2.11 bits per heavy atom. The number of amides is 1. The van der Waals surface area contributed by atoms with Crippen molar-refractivity contribution in [1.82, 2.24) is 0 Å². The summed E-state index contributed by atoms with van der Waals surface area (Å²) in [6.45, 7) is 2.10. The molecule has 0 bridgehead atoms. The molecule has 1 aliphatic carbocycles. The van der Waals surface area contributed by atoms with Gasteiger partial charge in [-0.1, -0.05) is 18.2 Å². The number of carbonyl (C=O) groups is 2. The van der Waals surface area contributed by atoms with Crippen LogP contribution in [0.15, 0.2) is 42.5 Å². The molecular weight excluding hydrogens is 346 g/mol. The zero-order valence-electron chi connectivity index (χ0n) is 15.0. The molecule has 2 aromatic carbocycles. The van der Waals surface area contributed by atoms with Crippen LogP contribution in [0, 0.1) is 12.8 Å². The van der Waals surface area contributed by atoms with Gasteiger partial charge < -0.3 is 19.9 Å². The van der Waals surface area contributed by atoms with Crippen molar-refractivity contribution in [1.29, 1.82) is 0 Å². The molecule has 1 aliphatic heterocycles. The Kier molecular flexibility index (Phi) is 4.26. The monoisotopic (exact) mass is 367 g/mol. The number of para-hydroxylation sites is 1. The summed E-state index contributed by atoms with van der Waals surface area (Å²) in [6, 6.07) is 13.1. The Bertz CT molecular complexity index is 909. The van der Waals surface area contributed by atoms with Crippen LogP contribution in [-0.4, -0.2) is 30.2 Å². The van der Waals surface area contributed by atoms with Crippen LogP contribution in [0.5, 0.6) is 11.5 Å². The molecule has 2 N–H and O–H groups in total. The van der Waals surface area contributed by atoms with E-state index in [1.165, 1.54) is 0 Å². The topological polar surface area (TPSA) is 84.9 Å². The Labute approximate surface area is 157 Å². The molecular formula is C21H21NO5. The zero-order chi connectivity index (χ0) is 19.0. The number of aryl methyl sites for hydroxylation is 1. The number of hydrogen-bond acceptors (Lipinski definition) is 4. The lowest BCUT2D eigenvalue weighted by atomic mass is 9.87. The normalized spacial score (nSPS) is 22.5. The molecule has 0 radical (unpaired) electrons. The van der Waals surface area contributed by atoms with Crippen molar-refractivity contribution in [2.75, 3.05) is 18.5 Å². The van der Waals surface area contributed by atoms with Crippen LogP contribution in [0.4, 0.5) is 5.69 Å². The number of fused-ring (bicyclic) bond motifs is 2. The van der Waals surface area contributed by atoms with E-state index in [9.17, 15) is 9.59 Å². The highest BCUT2D eigenvalue weighted by atomic mass is 16.5. The second kappa shape index (κ2) is 6.61. The minimum absolute atomic E-state index is 0.00834. The molecule has 1 heterocycles. The van der Waals surface area contributed by atoms with Crippen LogP contribution in [0.25, 0.3) is 0 Å². The first-order valence-corrected chi connectivity index (χ1v) is 8.98. The van der Waals surface area contributed by atoms with Gasteiger partial charge in [-0.3, -0.25) is 4.79 Å². The first-order chi connectivity index (χ1) is 13.0. The lowest BCUT2D eigenvalue weighted by molar-refractivity contribution is -0.139. The van der Waals surface area contributed by atoms with Gasteiger partial charge in [0.15, 0.2) is 6.61 Å². The van der Waals surface area contributed by atoms with Crippen LogP contribution in [-0.2, 0) is 15.0 Å². The predicted octanol–water partition coefficient (Wildman–Crippen LogP) is 3.14. The van der Waals surface area contributed by atoms with E-state index >= 15 is 0 Å². The van der Waals surface area contributed by atoms with Crippen LogP contribution < -0.4 is 14.8 Å². The van der Waals surface area contributed by atoms with E-state index in [4.69, 9.17) is 14.6 Å². The zero-order valence-corrected chi connectivity index (χ0v) is 15.0. The highest BCUT2D eigenvalue weighted by molar-refractivity contribution is 5.97. The molecule has 1 saturated carbocycles. The van der Waals surface area contributed by atoms with Gasteiger partial charge in [0.2, 0.25) is 5.91 Å². The van der Waals surface area contributed by atoms with E-state index < -0.39 is 12.6 Å². The quantitative estimate of drug-likeness (QED) is 0.848. The molecule has 1 fully saturated rings. The summed E-state index contributed by atoms with van der Waals surface area (Å²) >= 11 is 0. The Balaban J connectivity index is 1.46. The summed E-state index contributed by atoms with van der Waals surface area (Å²) in [5.74, 6) is 0.268. The number of benzene rings is 2. The van der Waals surface area contributed by atoms with Gasteiger partial charge in [-0.05, 0) is 49.6 Å². The maximum Gasteiger partial charge on any atom is 0.341 e. The van der Waals surface area contributed by atoms with Crippen molar-refractivity contribution >= 4 is 17.6 Å². The average Bonchev–Trinajstić information content (AvgIpc) is 3.37. The maximum atomic E-state index is 12.8. The van der Waals surface area contributed by atoms with E-state index in [0.717, 1.165) is 29.7 Å². The van der Waals surface area contributed by atoms with Crippen LogP contribution >= 0.6 is 0 Å². The summed E-state index contributed by atoms with van der Waals surface area (Å²) in [4.78, 5) is 23.4. The third-order valence-electron chi connectivity index (χ3n) is 5.44. The lowest BCUT2D eigenvalue weighted by Crippen LogP contribution is -2.26. The summed E-state index contributed by atoms with van der Waals surface area (Å²) in [6.07, 6.45) is 1.68. The van der Waals surface area contributed by atoms with Crippen molar-refractivity contribution in [3.63, 3.8) is 0 Å². The number of nitrogens with one attached hydrogen (secondary N) is 1. The van der Waals surface area contributed by atoms with E-state index in [0.29, 0.717) is 18.0 Å². The van der Waals surface area contributed by atoms with Gasteiger partial charge in [-0.2, -0.15) is 0 Å². The highest BCUT2D eigenvalue weighted by Crippen LogP contribution is 2.60. The molecule has 2 aromatic rings. The Hall–Kier alpha value is -3.02. The van der Waals surface area contributed by atoms with Gasteiger partial charge in [0.05, 0.1) is 6.61 Å². The number of aliphatic carboxylic acids is 1. The van der Waals surface area contributed by atoms with Crippen LogP contribution in [0.2, 0.25) is 0 Å². The largest absolute Gasteiger partial charge is 0.493 e. The number of ether oxygens (including phenoxy) is 2. The first kappa shape index (κ1) is 17.4. The predicted molar refractivity (Wildman–Crippen MR) is 99.3 cm³/mol. The third kappa shape index (κ3) is 3.23. The molecule has 0 aromatic heterocycles. The number of rotatable bonds is 5. The molecule has 4 rings (SSSR count). The molecule has 0 saturated heterocycles. The lowest BCUT2D eigenvalue weighted by Gasteiger charge is -2.26. The van der Waals surface area contributed by atoms with Gasteiger partial charge in [0.25, 0.3) is 0 Å². The number of anilines is 1. The third-order valence-corrected chi connectivity index (χ3v) is 5.44. The molecule has 1 amide bonds. The summed E-state index contributed by atoms with van der Waals surface area (Å²) in [7, 11) is 0. The Morgan fingerprint density at radius 3 is 2.89 bits per heavy atom. The minimum atomic E-state index is -1.03. The summed E-state index contributed by atoms with van der Waals surface area (Å²) in [5, 5.41) is 11.7. The van der Waals surface area contributed by atoms with Gasteiger partial charge >= 0.3 is 5.97 Å².